The summed E-state index contributed by atoms with van der Waals surface area (Å²) in [6.07, 6.45) is 2.61. The Bertz CT molecular complexity index is 940. The Morgan fingerprint density at radius 2 is 1.96 bits per heavy atom. The number of benzene rings is 1. The van der Waals surface area contributed by atoms with Crippen molar-refractivity contribution in [2.45, 2.75) is 39.0 Å². The van der Waals surface area contributed by atoms with E-state index in [1.807, 2.05) is 6.07 Å². The van der Waals surface area contributed by atoms with Crippen LogP contribution < -0.4 is 20.8 Å². The Morgan fingerprint density at radius 1 is 1.25 bits per heavy atom. The highest BCUT2D eigenvalue weighted by Gasteiger charge is 2.22. The predicted octanol–water partition coefficient (Wildman–Crippen LogP) is 1.33. The van der Waals surface area contributed by atoms with E-state index in [-0.39, 0.29) is 24.2 Å². The zero-order valence-electron chi connectivity index (χ0n) is 16.1. The molecule has 7 heteroatoms. The number of amides is 1. The SMILES string of the molecule is COc1ccc2c(C)c(CC(=O)NCC3CCC(C(=O)[O-])CC3)c(=O)oc2c1. The third-order valence-electron chi connectivity index (χ3n) is 5.60. The standard InChI is InChI=1S/C21H25NO6/c1-12-16-8-7-15(27-2)9-18(16)28-21(26)17(12)10-19(23)22-11-13-3-5-14(6-4-13)20(24)25/h7-9,13-14H,3-6,10-11H2,1-2H3,(H,22,23)(H,24,25)/p-1. The van der Waals surface area contributed by atoms with Crippen LogP contribution in [-0.4, -0.2) is 25.5 Å². The first-order valence-corrected chi connectivity index (χ1v) is 9.47. The summed E-state index contributed by atoms with van der Waals surface area (Å²) in [7, 11) is 1.54. The fraction of sp³-hybridized carbons (Fsp3) is 0.476. The second-order valence-corrected chi connectivity index (χ2v) is 7.37. The Labute approximate surface area is 162 Å². The monoisotopic (exact) mass is 386 g/mol. The lowest BCUT2D eigenvalue weighted by atomic mass is 9.82. The number of hydrogen-bond donors (Lipinski definition) is 1. The maximum absolute atomic E-state index is 12.4. The number of rotatable bonds is 6. The van der Waals surface area contributed by atoms with Crippen LogP contribution in [0.1, 0.15) is 36.8 Å². The number of carboxylic acid groups (broad SMARTS) is 1. The second kappa shape index (κ2) is 8.46. The Kier molecular flexibility index (Phi) is 6.02. The minimum atomic E-state index is -0.987. The summed E-state index contributed by atoms with van der Waals surface area (Å²) in [5.41, 5.74) is 0.966. The highest BCUT2D eigenvalue weighted by atomic mass is 16.5. The molecule has 1 heterocycles. The second-order valence-electron chi connectivity index (χ2n) is 7.37. The van der Waals surface area contributed by atoms with E-state index in [0.29, 0.717) is 36.3 Å². The van der Waals surface area contributed by atoms with E-state index in [1.165, 1.54) is 7.11 Å². The van der Waals surface area contributed by atoms with Crippen molar-refractivity contribution in [2.24, 2.45) is 11.8 Å². The third kappa shape index (κ3) is 4.35. The Balaban J connectivity index is 1.63. The lowest BCUT2D eigenvalue weighted by Gasteiger charge is -2.29. The molecular formula is C21H24NO6-. The van der Waals surface area contributed by atoms with Crippen molar-refractivity contribution in [3.63, 3.8) is 0 Å². The number of methoxy groups -OCH3 is 1. The average molecular weight is 386 g/mol. The highest BCUT2D eigenvalue weighted by molar-refractivity contribution is 5.85. The van der Waals surface area contributed by atoms with E-state index < -0.39 is 11.6 Å². The minimum Gasteiger partial charge on any atom is -0.550 e. The summed E-state index contributed by atoms with van der Waals surface area (Å²) in [4.78, 5) is 35.6. The van der Waals surface area contributed by atoms with Crippen LogP contribution in [0.25, 0.3) is 11.0 Å². The fourth-order valence-electron chi connectivity index (χ4n) is 3.79. The molecule has 0 unspecified atom stereocenters. The molecule has 0 aliphatic heterocycles. The first-order valence-electron chi connectivity index (χ1n) is 9.47. The number of carboxylic acids is 1. The molecular weight excluding hydrogens is 362 g/mol. The van der Waals surface area contributed by atoms with Gasteiger partial charge in [0.25, 0.3) is 0 Å². The van der Waals surface area contributed by atoms with E-state index in [0.717, 1.165) is 23.8 Å². The smallest absolute Gasteiger partial charge is 0.340 e. The summed E-state index contributed by atoms with van der Waals surface area (Å²) in [6.45, 7) is 2.28. The third-order valence-corrected chi connectivity index (χ3v) is 5.60. The number of ether oxygens (including phenoxy) is 1. The van der Waals surface area contributed by atoms with Gasteiger partial charge in [-0.1, -0.05) is 0 Å². The van der Waals surface area contributed by atoms with Crippen molar-refractivity contribution in [3.05, 3.63) is 39.7 Å². The van der Waals surface area contributed by atoms with Gasteiger partial charge in [-0.25, -0.2) is 4.79 Å². The van der Waals surface area contributed by atoms with Gasteiger partial charge >= 0.3 is 5.63 Å². The molecule has 7 nitrogen and oxygen atoms in total. The van der Waals surface area contributed by atoms with Gasteiger partial charge in [0, 0.05) is 24.0 Å². The van der Waals surface area contributed by atoms with E-state index in [1.54, 1.807) is 19.1 Å². The van der Waals surface area contributed by atoms with Crippen LogP contribution in [0.5, 0.6) is 5.75 Å². The van der Waals surface area contributed by atoms with Crippen LogP contribution in [0.4, 0.5) is 0 Å². The van der Waals surface area contributed by atoms with Gasteiger partial charge in [-0.3, -0.25) is 4.79 Å². The van der Waals surface area contributed by atoms with Crippen molar-refractivity contribution < 1.29 is 23.8 Å². The molecule has 1 aliphatic rings. The van der Waals surface area contributed by atoms with Crippen molar-refractivity contribution in [2.75, 3.05) is 13.7 Å². The molecule has 0 atom stereocenters. The minimum absolute atomic E-state index is 0.0511. The van der Waals surface area contributed by atoms with Gasteiger partial charge in [-0.2, -0.15) is 0 Å². The average Bonchev–Trinajstić information content (AvgIpc) is 2.69. The summed E-state index contributed by atoms with van der Waals surface area (Å²) in [5.74, 6) is -0.769. The number of carbonyl (C=O) groups excluding carboxylic acids is 2. The number of carbonyl (C=O) groups is 2. The van der Waals surface area contributed by atoms with Crippen LogP contribution in [0.3, 0.4) is 0 Å². The quantitative estimate of drug-likeness (QED) is 0.750. The number of nitrogens with one attached hydrogen (secondary N) is 1. The highest BCUT2D eigenvalue weighted by Crippen LogP contribution is 2.28. The molecule has 150 valence electrons. The van der Waals surface area contributed by atoms with Crippen molar-refractivity contribution in [1.29, 1.82) is 0 Å². The largest absolute Gasteiger partial charge is 0.550 e. The molecule has 0 saturated heterocycles. The van der Waals surface area contributed by atoms with Crippen LogP contribution in [0.15, 0.2) is 27.4 Å². The Hall–Kier alpha value is -2.83. The van der Waals surface area contributed by atoms with Gasteiger partial charge in [-0.05, 0) is 62.1 Å². The molecule has 0 bridgehead atoms. The van der Waals surface area contributed by atoms with Gasteiger partial charge in [0.15, 0.2) is 0 Å². The van der Waals surface area contributed by atoms with Gasteiger partial charge in [0.2, 0.25) is 5.91 Å². The van der Waals surface area contributed by atoms with Crippen molar-refractivity contribution in [3.8, 4) is 5.75 Å². The predicted molar refractivity (Wildman–Crippen MR) is 101 cm³/mol. The lowest BCUT2D eigenvalue weighted by Crippen LogP contribution is -2.37. The molecule has 2 aromatic rings. The molecule has 1 saturated carbocycles. The Morgan fingerprint density at radius 3 is 2.61 bits per heavy atom. The van der Waals surface area contributed by atoms with E-state index in [2.05, 4.69) is 5.32 Å². The van der Waals surface area contributed by atoms with Crippen molar-refractivity contribution >= 4 is 22.8 Å². The molecule has 0 spiro atoms. The molecule has 1 fully saturated rings. The molecule has 1 N–H and O–H groups in total. The molecule has 1 aromatic carbocycles. The lowest BCUT2D eigenvalue weighted by molar-refractivity contribution is -0.312. The number of aliphatic carboxylic acids is 1. The number of fused-ring (bicyclic) bond motifs is 1. The normalized spacial score (nSPS) is 19.4. The van der Waals surface area contributed by atoms with Crippen LogP contribution in [-0.2, 0) is 16.0 Å². The van der Waals surface area contributed by atoms with Gasteiger partial charge < -0.3 is 24.4 Å². The number of hydrogen-bond acceptors (Lipinski definition) is 6. The summed E-state index contributed by atoms with van der Waals surface area (Å²) in [5, 5.41) is 14.5. The van der Waals surface area contributed by atoms with E-state index in [4.69, 9.17) is 9.15 Å². The maximum atomic E-state index is 12.4. The topological polar surface area (TPSA) is 109 Å². The maximum Gasteiger partial charge on any atom is 0.340 e. The molecule has 28 heavy (non-hydrogen) atoms. The molecule has 3 rings (SSSR count). The fourth-order valence-corrected chi connectivity index (χ4v) is 3.79. The van der Waals surface area contributed by atoms with Gasteiger partial charge in [0.05, 0.1) is 19.1 Å². The van der Waals surface area contributed by atoms with Crippen LogP contribution in [0, 0.1) is 18.8 Å². The molecule has 0 radical (unpaired) electrons. The first-order chi connectivity index (χ1) is 13.4. The molecule has 1 aromatic heterocycles. The van der Waals surface area contributed by atoms with Gasteiger partial charge in [0.1, 0.15) is 11.3 Å². The zero-order chi connectivity index (χ0) is 20.3. The van der Waals surface area contributed by atoms with Crippen LogP contribution in [0.2, 0.25) is 0 Å². The number of aryl methyl sites for hydroxylation is 1. The van der Waals surface area contributed by atoms with E-state index in [9.17, 15) is 19.5 Å². The molecule has 1 aliphatic carbocycles. The summed E-state index contributed by atoms with van der Waals surface area (Å²) in [6, 6.07) is 5.24. The van der Waals surface area contributed by atoms with E-state index >= 15 is 0 Å². The van der Waals surface area contributed by atoms with Crippen molar-refractivity contribution in [1.82, 2.24) is 5.32 Å². The summed E-state index contributed by atoms with van der Waals surface area (Å²) < 4.78 is 10.5. The van der Waals surface area contributed by atoms with Crippen LogP contribution >= 0.6 is 0 Å². The van der Waals surface area contributed by atoms with Gasteiger partial charge in [-0.15, -0.1) is 0 Å². The zero-order valence-corrected chi connectivity index (χ0v) is 16.1. The first kappa shape index (κ1) is 19.9. The molecule has 1 amide bonds. The summed E-state index contributed by atoms with van der Waals surface area (Å²) >= 11 is 0.